The lowest BCUT2D eigenvalue weighted by Crippen LogP contribution is -1.97. The Bertz CT molecular complexity index is 2020. The molecule has 0 aliphatic rings. The number of aromatic hydroxyl groups is 7. The summed E-state index contributed by atoms with van der Waals surface area (Å²) in [5, 5.41) is 72.1. The van der Waals surface area contributed by atoms with Gasteiger partial charge in [0.25, 0.3) is 0 Å². The quantitative estimate of drug-likeness (QED) is 0.0631. The second-order valence-electron chi connectivity index (χ2n) is 12.5. The van der Waals surface area contributed by atoms with Crippen molar-refractivity contribution in [3.8, 4) is 63.2 Å². The Labute approximate surface area is 295 Å². The highest BCUT2D eigenvalue weighted by molar-refractivity contribution is 5.56. The molecule has 0 amide bonds. The van der Waals surface area contributed by atoms with Crippen LogP contribution in [-0.2, 0) is 38.5 Å². The summed E-state index contributed by atoms with van der Waals surface area (Å²) in [5.41, 5.74) is 4.82. The maximum Gasteiger partial charge on any atom is 0.202 e. The van der Waals surface area contributed by atoms with E-state index in [9.17, 15) is 35.7 Å². The molecular weight excluding hydrogens is 648 g/mol. The molecule has 0 atom stereocenters. The van der Waals surface area contributed by atoms with Gasteiger partial charge in [0.1, 0.15) is 46.0 Å². The van der Waals surface area contributed by atoms with Gasteiger partial charge < -0.3 is 45.2 Å². The highest BCUT2D eigenvalue weighted by atomic mass is 16.5. The number of aryl methyl sites for hydroxylation is 6. The first-order valence-electron chi connectivity index (χ1n) is 16.5. The monoisotopic (exact) mass is 686 g/mol. The topological polar surface area (TPSA) is 160 Å². The van der Waals surface area contributed by atoms with Crippen molar-refractivity contribution in [1.29, 1.82) is 0 Å². The largest absolute Gasteiger partial charge is 0.508 e. The van der Waals surface area contributed by atoms with E-state index in [2.05, 4.69) is 0 Å². The summed E-state index contributed by atoms with van der Waals surface area (Å²) < 4.78 is 12.4. The third-order valence-electron chi connectivity index (χ3n) is 8.35. The molecule has 0 spiro atoms. The Morgan fingerprint density at radius 2 is 0.647 bits per heavy atom. The van der Waals surface area contributed by atoms with Gasteiger partial charge in [0.05, 0.1) is 0 Å². The highest BCUT2D eigenvalue weighted by Gasteiger charge is 2.17. The van der Waals surface area contributed by atoms with Gasteiger partial charge in [-0.3, -0.25) is 0 Å². The van der Waals surface area contributed by atoms with Crippen molar-refractivity contribution >= 4 is 0 Å². The van der Waals surface area contributed by atoms with Crippen molar-refractivity contribution < 1.29 is 45.2 Å². The predicted octanol–water partition coefficient (Wildman–Crippen LogP) is 8.57. The lowest BCUT2D eigenvalue weighted by molar-refractivity contribution is 0.374. The molecule has 7 N–H and O–H groups in total. The molecule has 0 heterocycles. The lowest BCUT2D eigenvalue weighted by Gasteiger charge is -2.16. The minimum absolute atomic E-state index is 0.0211. The van der Waals surface area contributed by atoms with Gasteiger partial charge >= 0.3 is 0 Å². The van der Waals surface area contributed by atoms with Gasteiger partial charge in [0.15, 0.2) is 11.5 Å². The predicted molar refractivity (Wildman–Crippen MR) is 193 cm³/mol. The van der Waals surface area contributed by atoms with Crippen LogP contribution in [-0.4, -0.2) is 35.7 Å². The summed E-state index contributed by atoms with van der Waals surface area (Å²) in [4.78, 5) is 0. The molecule has 6 aromatic carbocycles. The number of ether oxygens (including phenoxy) is 2. The average molecular weight is 687 g/mol. The maximum absolute atomic E-state index is 11.4. The average Bonchev–Trinajstić information content (AvgIpc) is 3.07. The molecule has 51 heavy (non-hydrogen) atoms. The second-order valence-corrected chi connectivity index (χ2v) is 12.5. The lowest BCUT2D eigenvalue weighted by atomic mass is 10.0. The number of phenolic OH excluding ortho intramolecular Hbond substituents is 7. The first-order chi connectivity index (χ1) is 24.5. The number of rotatable bonds is 13. The number of hydrogen-bond donors (Lipinski definition) is 7. The van der Waals surface area contributed by atoms with E-state index >= 15 is 0 Å². The smallest absolute Gasteiger partial charge is 0.202 e. The van der Waals surface area contributed by atoms with Gasteiger partial charge in [-0.05, 0) is 145 Å². The Morgan fingerprint density at radius 3 is 1.06 bits per heavy atom. The summed E-state index contributed by atoms with van der Waals surface area (Å²) in [6.07, 6.45) is 3.18. The summed E-state index contributed by atoms with van der Waals surface area (Å²) >= 11 is 0. The first kappa shape index (κ1) is 34.4. The van der Waals surface area contributed by atoms with E-state index in [1.54, 1.807) is 84.9 Å². The molecule has 6 aromatic rings. The van der Waals surface area contributed by atoms with Gasteiger partial charge in [-0.25, -0.2) is 0 Å². The fraction of sp³-hybridized carbons (Fsp3) is 0.143. The van der Waals surface area contributed by atoms with Crippen LogP contribution in [0.2, 0.25) is 0 Å². The van der Waals surface area contributed by atoms with Crippen LogP contribution in [0.25, 0.3) is 0 Å². The summed E-state index contributed by atoms with van der Waals surface area (Å²) in [6.45, 7) is 0. The summed E-state index contributed by atoms with van der Waals surface area (Å²) in [7, 11) is 0. The fourth-order valence-corrected chi connectivity index (χ4v) is 5.97. The van der Waals surface area contributed by atoms with Crippen molar-refractivity contribution in [2.75, 3.05) is 0 Å². The van der Waals surface area contributed by atoms with Crippen molar-refractivity contribution in [2.45, 2.75) is 38.5 Å². The van der Waals surface area contributed by atoms with Gasteiger partial charge in [-0.15, -0.1) is 0 Å². The van der Waals surface area contributed by atoms with Crippen LogP contribution in [0.15, 0.2) is 115 Å². The van der Waals surface area contributed by atoms with Crippen LogP contribution < -0.4 is 9.47 Å². The minimum Gasteiger partial charge on any atom is -0.508 e. The summed E-state index contributed by atoms with van der Waals surface area (Å²) in [5.74, 6) is 0.585. The van der Waals surface area contributed by atoms with E-state index < -0.39 is 0 Å². The van der Waals surface area contributed by atoms with Gasteiger partial charge in [-0.2, -0.15) is 0 Å². The molecule has 0 aromatic heterocycles. The van der Waals surface area contributed by atoms with Gasteiger partial charge in [0.2, 0.25) is 5.75 Å². The van der Waals surface area contributed by atoms with Crippen molar-refractivity contribution in [3.63, 3.8) is 0 Å². The number of phenols is 7. The second kappa shape index (κ2) is 15.4. The minimum atomic E-state index is -0.303. The maximum atomic E-state index is 11.4. The molecule has 260 valence electrons. The molecule has 0 saturated carbocycles. The zero-order valence-corrected chi connectivity index (χ0v) is 27.7. The van der Waals surface area contributed by atoms with Crippen LogP contribution in [0.3, 0.4) is 0 Å². The Balaban J connectivity index is 1.27. The molecular formula is C42H38O9. The van der Waals surface area contributed by atoms with E-state index in [-0.39, 0.29) is 63.2 Å². The molecule has 0 unspecified atom stereocenters. The van der Waals surface area contributed by atoms with Crippen molar-refractivity contribution in [3.05, 3.63) is 149 Å². The van der Waals surface area contributed by atoms with Crippen LogP contribution in [0.5, 0.6) is 63.2 Å². The van der Waals surface area contributed by atoms with E-state index in [1.165, 1.54) is 18.2 Å². The molecule has 9 heteroatoms. The van der Waals surface area contributed by atoms with Crippen LogP contribution in [0.4, 0.5) is 0 Å². The Hall–Kier alpha value is -6.48. The molecule has 6 rings (SSSR count). The van der Waals surface area contributed by atoms with E-state index in [1.807, 2.05) is 12.1 Å². The molecule has 9 nitrogen and oxygen atoms in total. The normalized spacial score (nSPS) is 11.0. The van der Waals surface area contributed by atoms with E-state index in [0.29, 0.717) is 49.7 Å². The number of benzene rings is 6. The highest BCUT2D eigenvalue weighted by Crippen LogP contribution is 2.43. The molecule has 0 fully saturated rings. The third-order valence-corrected chi connectivity index (χ3v) is 8.35. The molecule has 0 aliphatic carbocycles. The Morgan fingerprint density at radius 1 is 0.314 bits per heavy atom. The molecule has 0 radical (unpaired) electrons. The van der Waals surface area contributed by atoms with E-state index in [4.69, 9.17) is 9.47 Å². The molecule has 0 saturated heterocycles. The van der Waals surface area contributed by atoms with Gasteiger partial charge in [-0.1, -0.05) is 24.3 Å². The zero-order chi connectivity index (χ0) is 35.9. The van der Waals surface area contributed by atoms with Crippen molar-refractivity contribution in [1.82, 2.24) is 0 Å². The standard InChI is InChI=1S/C42H38O9/c43-32-5-1-3-26(13-32)7-9-29-17-36(47)24-38(19-29)50-40-21-31(12-11-28-15-34(45)23-35(46)16-28)22-41(42(40)49)51-39-20-30(18-37(48)25-39)10-8-27-4-2-6-33(44)14-27/h1-6,13-25,43-49H,7-12H2. The van der Waals surface area contributed by atoms with Crippen LogP contribution in [0, 0.1) is 0 Å². The molecule has 0 bridgehead atoms. The first-order valence-corrected chi connectivity index (χ1v) is 16.5. The molecule has 0 aliphatic heterocycles. The van der Waals surface area contributed by atoms with Crippen LogP contribution in [0.1, 0.15) is 33.4 Å². The zero-order valence-electron chi connectivity index (χ0n) is 27.7. The SMILES string of the molecule is Oc1cccc(CCc2cc(O)cc(Oc3cc(CCc4cc(O)cc(O)c4)cc(Oc4cc(O)cc(CCc5cccc(O)c5)c4)c3O)c2)c1. The fourth-order valence-electron chi connectivity index (χ4n) is 5.97. The Kier molecular flexibility index (Phi) is 10.4. The van der Waals surface area contributed by atoms with Gasteiger partial charge in [0, 0.05) is 18.2 Å². The number of hydrogen-bond acceptors (Lipinski definition) is 9. The van der Waals surface area contributed by atoms with E-state index in [0.717, 1.165) is 22.3 Å². The summed E-state index contributed by atoms with van der Waals surface area (Å²) in [6, 6.07) is 31.3. The third kappa shape index (κ3) is 9.57. The van der Waals surface area contributed by atoms with Crippen LogP contribution >= 0.6 is 0 Å². The van der Waals surface area contributed by atoms with Crippen molar-refractivity contribution in [2.24, 2.45) is 0 Å².